The van der Waals surface area contributed by atoms with Crippen molar-refractivity contribution in [1.82, 2.24) is 4.57 Å². The van der Waals surface area contributed by atoms with Gasteiger partial charge in [-0.25, -0.2) is 0 Å². The molecule has 1 aliphatic heterocycles. The fraction of sp³-hybridized carbons (Fsp3) is 0.0909. The number of hydrogen-bond donors (Lipinski definition) is 2. The van der Waals surface area contributed by atoms with Crippen molar-refractivity contribution in [3.05, 3.63) is 39.2 Å². The van der Waals surface area contributed by atoms with Crippen molar-refractivity contribution in [1.29, 1.82) is 0 Å². The molecule has 0 spiro atoms. The predicted octanol–water partition coefficient (Wildman–Crippen LogP) is 3.65. The van der Waals surface area contributed by atoms with Crippen molar-refractivity contribution in [2.75, 3.05) is 5.32 Å². The SMILES string of the molecule is S=c1sc2c(n1-c1ccccc1)NC=N[C@@H]2S. The first-order chi connectivity index (χ1) is 8.27. The van der Waals surface area contributed by atoms with Crippen LogP contribution in [0.4, 0.5) is 5.82 Å². The van der Waals surface area contributed by atoms with Gasteiger partial charge in [0.1, 0.15) is 11.2 Å². The summed E-state index contributed by atoms with van der Waals surface area (Å²) < 4.78 is 2.82. The number of benzene rings is 1. The minimum absolute atomic E-state index is 0.122. The topological polar surface area (TPSA) is 29.3 Å². The third-order valence-electron chi connectivity index (χ3n) is 2.50. The number of para-hydroxylation sites is 1. The summed E-state index contributed by atoms with van der Waals surface area (Å²) in [5, 5.41) is 3.02. The van der Waals surface area contributed by atoms with Crippen LogP contribution < -0.4 is 5.32 Å². The highest BCUT2D eigenvalue weighted by atomic mass is 32.1. The van der Waals surface area contributed by atoms with Crippen LogP contribution in [-0.4, -0.2) is 10.9 Å². The van der Waals surface area contributed by atoms with Crippen molar-refractivity contribution in [2.45, 2.75) is 5.37 Å². The minimum Gasteiger partial charge on any atom is -0.331 e. The Labute approximate surface area is 113 Å². The Morgan fingerprint density at radius 3 is 2.88 bits per heavy atom. The van der Waals surface area contributed by atoms with Gasteiger partial charge in [-0.05, 0) is 24.4 Å². The van der Waals surface area contributed by atoms with Gasteiger partial charge in [0, 0.05) is 5.69 Å². The second-order valence-electron chi connectivity index (χ2n) is 3.55. The Balaban J connectivity index is 2.23. The summed E-state index contributed by atoms with van der Waals surface area (Å²) in [6, 6.07) is 10.0. The summed E-state index contributed by atoms with van der Waals surface area (Å²) in [7, 11) is 0. The molecule has 0 saturated carbocycles. The monoisotopic (exact) mass is 279 g/mol. The smallest absolute Gasteiger partial charge is 0.167 e. The molecule has 1 aromatic carbocycles. The summed E-state index contributed by atoms with van der Waals surface area (Å²) in [5.41, 5.74) is 1.05. The summed E-state index contributed by atoms with van der Waals surface area (Å²) in [6.07, 6.45) is 1.67. The van der Waals surface area contributed by atoms with E-state index < -0.39 is 0 Å². The van der Waals surface area contributed by atoms with E-state index in [1.807, 2.05) is 34.9 Å². The van der Waals surface area contributed by atoms with E-state index in [1.165, 1.54) is 0 Å². The molecule has 3 rings (SSSR count). The number of fused-ring (bicyclic) bond motifs is 1. The average Bonchev–Trinajstić information content (AvgIpc) is 2.68. The molecule has 2 aromatic rings. The number of thiol groups is 1. The maximum absolute atomic E-state index is 5.41. The Kier molecular flexibility index (Phi) is 2.78. The second kappa shape index (κ2) is 4.29. The molecule has 0 bridgehead atoms. The molecule has 0 unspecified atom stereocenters. The lowest BCUT2D eigenvalue weighted by atomic mass is 10.3. The fourth-order valence-corrected chi connectivity index (χ4v) is 3.45. The lowest BCUT2D eigenvalue weighted by molar-refractivity contribution is 1.01. The molecule has 1 N–H and O–H groups in total. The zero-order valence-corrected chi connectivity index (χ0v) is 11.2. The maximum atomic E-state index is 5.41. The Hall–Kier alpha value is -1.11. The van der Waals surface area contributed by atoms with E-state index in [0.29, 0.717) is 0 Å². The third-order valence-corrected chi connectivity index (χ3v) is 4.50. The van der Waals surface area contributed by atoms with Gasteiger partial charge < -0.3 is 5.32 Å². The fourth-order valence-electron chi connectivity index (χ4n) is 1.75. The number of aliphatic imine (C=N–C) groups is 1. The molecule has 1 atom stereocenters. The molecular weight excluding hydrogens is 270 g/mol. The molecule has 86 valence electrons. The minimum atomic E-state index is -0.122. The highest BCUT2D eigenvalue weighted by molar-refractivity contribution is 7.80. The number of thiazole rings is 1. The van der Waals surface area contributed by atoms with E-state index >= 15 is 0 Å². The zero-order chi connectivity index (χ0) is 11.8. The van der Waals surface area contributed by atoms with Gasteiger partial charge in [-0.3, -0.25) is 9.56 Å². The molecule has 0 aliphatic carbocycles. The average molecular weight is 279 g/mol. The van der Waals surface area contributed by atoms with Crippen LogP contribution in [0, 0.1) is 3.95 Å². The molecule has 0 radical (unpaired) electrons. The molecular formula is C11H9N3S3. The molecule has 2 heterocycles. The van der Waals surface area contributed by atoms with Gasteiger partial charge in [0.05, 0.1) is 11.2 Å². The molecule has 1 aromatic heterocycles. The van der Waals surface area contributed by atoms with Crippen molar-refractivity contribution in [3.8, 4) is 5.69 Å². The Bertz CT molecular complexity index is 627. The van der Waals surface area contributed by atoms with Crippen LogP contribution in [0.3, 0.4) is 0 Å². The highest BCUT2D eigenvalue weighted by Crippen LogP contribution is 2.38. The molecule has 0 amide bonds. The van der Waals surface area contributed by atoms with E-state index in [9.17, 15) is 0 Å². The first kappa shape index (κ1) is 11.0. The molecule has 3 nitrogen and oxygen atoms in total. The van der Waals surface area contributed by atoms with Crippen LogP contribution in [0.15, 0.2) is 35.3 Å². The van der Waals surface area contributed by atoms with E-state index in [4.69, 9.17) is 12.2 Å². The van der Waals surface area contributed by atoms with E-state index in [2.05, 4.69) is 22.9 Å². The van der Waals surface area contributed by atoms with Gasteiger partial charge >= 0.3 is 0 Å². The third kappa shape index (κ3) is 1.82. The number of rotatable bonds is 1. The first-order valence-electron chi connectivity index (χ1n) is 5.05. The predicted molar refractivity (Wildman–Crippen MR) is 78.3 cm³/mol. The van der Waals surface area contributed by atoms with Crippen LogP contribution in [0.2, 0.25) is 0 Å². The van der Waals surface area contributed by atoms with Crippen molar-refractivity contribution >= 4 is 48.3 Å². The van der Waals surface area contributed by atoms with Crippen molar-refractivity contribution in [3.63, 3.8) is 0 Å². The summed E-state index contributed by atoms with van der Waals surface area (Å²) in [4.78, 5) is 5.26. The van der Waals surface area contributed by atoms with Gasteiger partial charge in [0.2, 0.25) is 0 Å². The lowest BCUT2D eigenvalue weighted by Crippen LogP contribution is -2.09. The molecule has 0 saturated heterocycles. The van der Waals surface area contributed by atoms with Crippen LogP contribution in [0.5, 0.6) is 0 Å². The largest absolute Gasteiger partial charge is 0.331 e. The van der Waals surface area contributed by atoms with Gasteiger partial charge in [0.15, 0.2) is 3.95 Å². The molecule has 0 fully saturated rings. The van der Waals surface area contributed by atoms with Crippen molar-refractivity contribution < 1.29 is 0 Å². The normalized spacial score (nSPS) is 17.6. The summed E-state index contributed by atoms with van der Waals surface area (Å²) in [6.45, 7) is 0. The van der Waals surface area contributed by atoms with Gasteiger partial charge in [-0.15, -0.1) is 24.0 Å². The Morgan fingerprint density at radius 1 is 1.35 bits per heavy atom. The summed E-state index contributed by atoms with van der Waals surface area (Å²) in [5.74, 6) is 0.973. The highest BCUT2D eigenvalue weighted by Gasteiger charge is 2.21. The van der Waals surface area contributed by atoms with Gasteiger partial charge in [-0.1, -0.05) is 18.2 Å². The number of aromatic nitrogens is 1. The molecule has 6 heteroatoms. The van der Waals surface area contributed by atoms with E-state index in [-0.39, 0.29) is 5.37 Å². The number of nitrogens with one attached hydrogen (secondary N) is 1. The standard InChI is InChI=1S/C11H9N3S3/c15-10-8-9(12-6-13-10)14(11(16)17-8)7-4-2-1-3-5-7/h1-6,10,15H,(H,12,13)/t10-/m1/s1. The zero-order valence-electron chi connectivity index (χ0n) is 8.70. The number of nitrogens with zero attached hydrogens (tertiary/aromatic N) is 2. The van der Waals surface area contributed by atoms with E-state index in [0.717, 1.165) is 20.3 Å². The Morgan fingerprint density at radius 2 is 2.12 bits per heavy atom. The maximum Gasteiger partial charge on any atom is 0.167 e. The van der Waals surface area contributed by atoms with E-state index in [1.54, 1.807) is 17.7 Å². The lowest BCUT2D eigenvalue weighted by Gasteiger charge is -2.15. The molecule has 17 heavy (non-hydrogen) atoms. The number of anilines is 1. The van der Waals surface area contributed by atoms with Crippen LogP contribution >= 0.6 is 36.2 Å². The summed E-state index contributed by atoms with van der Waals surface area (Å²) >= 11 is 11.4. The quantitative estimate of drug-likeness (QED) is 0.616. The first-order valence-corrected chi connectivity index (χ1v) is 6.79. The van der Waals surface area contributed by atoms with Crippen molar-refractivity contribution in [2.24, 2.45) is 4.99 Å². The molecule has 1 aliphatic rings. The van der Waals surface area contributed by atoms with Gasteiger partial charge in [0.25, 0.3) is 0 Å². The number of hydrogen-bond acceptors (Lipinski definition) is 5. The second-order valence-corrected chi connectivity index (χ2v) is 5.71. The van der Waals surface area contributed by atoms with Crippen LogP contribution in [-0.2, 0) is 0 Å². The van der Waals surface area contributed by atoms with Gasteiger partial charge in [-0.2, -0.15) is 0 Å². The van der Waals surface area contributed by atoms with Crippen LogP contribution in [0.1, 0.15) is 10.3 Å². The van der Waals surface area contributed by atoms with Crippen LogP contribution in [0.25, 0.3) is 5.69 Å².